The first-order valence-electron chi connectivity index (χ1n) is 4.78. The Kier molecular flexibility index (Phi) is 2.29. The lowest BCUT2D eigenvalue weighted by molar-refractivity contribution is -0.127. The molecule has 1 aromatic heterocycles. The lowest BCUT2D eigenvalue weighted by Gasteiger charge is -2.11. The highest BCUT2D eigenvalue weighted by Gasteiger charge is 2.49. The van der Waals surface area contributed by atoms with Crippen LogP contribution in [0.2, 0.25) is 0 Å². The van der Waals surface area contributed by atoms with E-state index < -0.39 is 5.41 Å². The van der Waals surface area contributed by atoms with Crippen LogP contribution in [0.25, 0.3) is 0 Å². The molecular formula is C10H14N2O2. The van der Waals surface area contributed by atoms with E-state index in [2.05, 4.69) is 10.3 Å². The van der Waals surface area contributed by atoms with Crippen LogP contribution >= 0.6 is 0 Å². The van der Waals surface area contributed by atoms with Crippen molar-refractivity contribution in [3.05, 3.63) is 24.0 Å². The molecule has 1 heterocycles. The van der Waals surface area contributed by atoms with Crippen LogP contribution in [0.1, 0.15) is 18.5 Å². The molecule has 4 heteroatoms. The number of nitrogens with one attached hydrogen (secondary N) is 2. The van der Waals surface area contributed by atoms with Crippen molar-refractivity contribution in [2.24, 2.45) is 5.41 Å². The monoisotopic (exact) mass is 194 g/mol. The van der Waals surface area contributed by atoms with Crippen molar-refractivity contribution in [3.63, 3.8) is 0 Å². The first kappa shape index (κ1) is 9.27. The van der Waals surface area contributed by atoms with Crippen molar-refractivity contribution in [1.82, 2.24) is 10.3 Å². The summed E-state index contributed by atoms with van der Waals surface area (Å²) in [5, 5.41) is 11.8. The average Bonchev–Trinajstić information content (AvgIpc) is 2.84. The second kappa shape index (κ2) is 3.46. The Bertz CT molecular complexity index is 315. The van der Waals surface area contributed by atoms with Crippen LogP contribution in [-0.4, -0.2) is 22.6 Å². The Morgan fingerprint density at radius 3 is 2.93 bits per heavy atom. The van der Waals surface area contributed by atoms with Crippen LogP contribution in [0.5, 0.6) is 0 Å². The van der Waals surface area contributed by atoms with Crippen LogP contribution < -0.4 is 5.32 Å². The van der Waals surface area contributed by atoms with Gasteiger partial charge in [-0.1, -0.05) is 0 Å². The molecule has 0 saturated heterocycles. The average molecular weight is 194 g/mol. The molecule has 0 aromatic carbocycles. The molecule has 0 atom stereocenters. The van der Waals surface area contributed by atoms with Gasteiger partial charge in [-0.05, 0) is 25.0 Å². The SMILES string of the molecule is O=C(NCc1ccc[nH]1)C1(CO)CC1. The van der Waals surface area contributed by atoms with E-state index in [1.165, 1.54) is 0 Å². The molecule has 1 amide bonds. The number of aromatic amines is 1. The van der Waals surface area contributed by atoms with Gasteiger partial charge in [0.05, 0.1) is 18.6 Å². The summed E-state index contributed by atoms with van der Waals surface area (Å²) in [6.07, 6.45) is 3.43. The number of H-pyrrole nitrogens is 1. The lowest BCUT2D eigenvalue weighted by Crippen LogP contribution is -2.33. The minimum Gasteiger partial charge on any atom is -0.395 e. The predicted molar refractivity (Wildman–Crippen MR) is 51.4 cm³/mol. The van der Waals surface area contributed by atoms with Gasteiger partial charge in [0.15, 0.2) is 0 Å². The Balaban J connectivity index is 1.84. The zero-order valence-corrected chi connectivity index (χ0v) is 7.92. The molecule has 0 radical (unpaired) electrons. The lowest BCUT2D eigenvalue weighted by atomic mass is 10.1. The summed E-state index contributed by atoms with van der Waals surface area (Å²) in [4.78, 5) is 14.6. The Labute approximate surface area is 82.3 Å². The van der Waals surface area contributed by atoms with Gasteiger partial charge in [-0.25, -0.2) is 0 Å². The zero-order valence-electron chi connectivity index (χ0n) is 7.92. The van der Waals surface area contributed by atoms with E-state index in [0.717, 1.165) is 18.5 Å². The zero-order chi connectivity index (χ0) is 10.0. The molecule has 14 heavy (non-hydrogen) atoms. The maximum atomic E-state index is 11.6. The largest absolute Gasteiger partial charge is 0.395 e. The normalized spacial score (nSPS) is 17.8. The number of aliphatic hydroxyl groups excluding tert-OH is 1. The molecule has 1 aliphatic rings. The Morgan fingerprint density at radius 1 is 1.64 bits per heavy atom. The molecule has 2 rings (SSSR count). The smallest absolute Gasteiger partial charge is 0.228 e. The second-order valence-corrected chi connectivity index (χ2v) is 3.82. The highest BCUT2D eigenvalue weighted by molar-refractivity contribution is 5.85. The van der Waals surface area contributed by atoms with Gasteiger partial charge in [0.25, 0.3) is 0 Å². The third-order valence-electron chi connectivity index (χ3n) is 2.74. The minimum absolute atomic E-state index is 0.0328. The third-order valence-corrected chi connectivity index (χ3v) is 2.74. The number of aliphatic hydroxyl groups is 1. The number of carbonyl (C=O) groups excluding carboxylic acids is 1. The van der Waals surface area contributed by atoms with Gasteiger partial charge in [-0.3, -0.25) is 4.79 Å². The molecule has 0 aliphatic heterocycles. The van der Waals surface area contributed by atoms with Gasteiger partial charge < -0.3 is 15.4 Å². The highest BCUT2D eigenvalue weighted by Crippen LogP contribution is 2.45. The molecule has 1 aliphatic carbocycles. The van der Waals surface area contributed by atoms with Gasteiger partial charge in [0, 0.05) is 11.9 Å². The van der Waals surface area contributed by atoms with Crippen LogP contribution in [-0.2, 0) is 11.3 Å². The summed E-state index contributed by atoms with van der Waals surface area (Å²) in [6.45, 7) is 0.469. The first-order chi connectivity index (χ1) is 6.77. The quantitative estimate of drug-likeness (QED) is 0.649. The summed E-state index contributed by atoms with van der Waals surface area (Å²) in [7, 11) is 0. The van der Waals surface area contributed by atoms with Crippen LogP contribution in [0.4, 0.5) is 0 Å². The van der Waals surface area contributed by atoms with Gasteiger partial charge in [0.2, 0.25) is 5.91 Å². The van der Waals surface area contributed by atoms with E-state index in [1.807, 2.05) is 18.3 Å². The summed E-state index contributed by atoms with van der Waals surface area (Å²) in [5.41, 5.74) is 0.513. The van der Waals surface area contributed by atoms with E-state index in [1.54, 1.807) is 0 Å². The third kappa shape index (κ3) is 1.65. The fraction of sp³-hybridized carbons (Fsp3) is 0.500. The number of rotatable bonds is 4. The molecule has 76 valence electrons. The Hall–Kier alpha value is -1.29. The standard InChI is InChI=1S/C10H14N2O2/c13-7-10(3-4-10)9(14)12-6-8-2-1-5-11-8/h1-2,5,11,13H,3-4,6-7H2,(H,12,14). The Morgan fingerprint density at radius 2 is 2.43 bits per heavy atom. The fourth-order valence-corrected chi connectivity index (χ4v) is 1.45. The molecule has 0 spiro atoms. The molecule has 1 aromatic rings. The number of aromatic nitrogens is 1. The molecule has 0 unspecified atom stereocenters. The molecule has 3 N–H and O–H groups in total. The van der Waals surface area contributed by atoms with E-state index >= 15 is 0 Å². The maximum Gasteiger partial charge on any atom is 0.228 e. The topological polar surface area (TPSA) is 65.1 Å². The maximum absolute atomic E-state index is 11.6. The van der Waals surface area contributed by atoms with Gasteiger partial charge >= 0.3 is 0 Å². The van der Waals surface area contributed by atoms with Crippen molar-refractivity contribution in [2.45, 2.75) is 19.4 Å². The number of carbonyl (C=O) groups is 1. The van der Waals surface area contributed by atoms with Crippen molar-refractivity contribution >= 4 is 5.91 Å². The number of amides is 1. The van der Waals surface area contributed by atoms with Crippen molar-refractivity contribution < 1.29 is 9.90 Å². The number of hydrogen-bond acceptors (Lipinski definition) is 2. The second-order valence-electron chi connectivity index (χ2n) is 3.82. The number of hydrogen-bond donors (Lipinski definition) is 3. The highest BCUT2D eigenvalue weighted by atomic mass is 16.3. The van der Waals surface area contributed by atoms with E-state index in [4.69, 9.17) is 5.11 Å². The summed E-state index contributed by atoms with van der Waals surface area (Å²) in [5.74, 6) is -0.0328. The van der Waals surface area contributed by atoms with Gasteiger partial charge in [-0.2, -0.15) is 0 Å². The molecule has 1 saturated carbocycles. The molecule has 4 nitrogen and oxygen atoms in total. The van der Waals surface area contributed by atoms with E-state index in [9.17, 15) is 4.79 Å². The van der Waals surface area contributed by atoms with Gasteiger partial charge in [0.1, 0.15) is 0 Å². The van der Waals surface area contributed by atoms with Crippen molar-refractivity contribution in [1.29, 1.82) is 0 Å². The van der Waals surface area contributed by atoms with Gasteiger partial charge in [-0.15, -0.1) is 0 Å². The summed E-state index contributed by atoms with van der Waals surface area (Å²) >= 11 is 0. The molecule has 0 bridgehead atoms. The fourth-order valence-electron chi connectivity index (χ4n) is 1.45. The van der Waals surface area contributed by atoms with Crippen LogP contribution in [0.15, 0.2) is 18.3 Å². The predicted octanol–water partition coefficient (Wildman–Crippen LogP) is 0.403. The molecule has 1 fully saturated rings. The van der Waals surface area contributed by atoms with Crippen LogP contribution in [0, 0.1) is 5.41 Å². The summed E-state index contributed by atoms with van der Waals surface area (Å²) < 4.78 is 0. The van der Waals surface area contributed by atoms with Crippen molar-refractivity contribution in [2.75, 3.05) is 6.61 Å². The minimum atomic E-state index is -0.466. The van der Waals surface area contributed by atoms with Crippen molar-refractivity contribution in [3.8, 4) is 0 Å². The first-order valence-corrected chi connectivity index (χ1v) is 4.78. The van der Waals surface area contributed by atoms with E-state index in [0.29, 0.717) is 6.54 Å². The molecular weight excluding hydrogens is 180 g/mol. The summed E-state index contributed by atoms with van der Waals surface area (Å²) in [6, 6.07) is 3.80. The van der Waals surface area contributed by atoms with Crippen LogP contribution in [0.3, 0.4) is 0 Å². The van der Waals surface area contributed by atoms with E-state index in [-0.39, 0.29) is 12.5 Å².